The van der Waals surface area contributed by atoms with Crippen LogP contribution in [-0.4, -0.2) is 20.5 Å². The first-order valence-corrected chi connectivity index (χ1v) is 7.82. The van der Waals surface area contributed by atoms with Gasteiger partial charge in [0.15, 0.2) is 0 Å². The van der Waals surface area contributed by atoms with E-state index < -0.39 is 0 Å². The van der Waals surface area contributed by atoms with E-state index in [9.17, 15) is 0 Å². The molecule has 0 saturated heterocycles. The van der Waals surface area contributed by atoms with Gasteiger partial charge >= 0.3 is 0 Å². The summed E-state index contributed by atoms with van der Waals surface area (Å²) in [6.07, 6.45) is 3.37. The van der Waals surface area contributed by atoms with Gasteiger partial charge in [-0.3, -0.25) is 0 Å². The molecule has 0 aliphatic carbocycles. The number of hydrogen-bond donors (Lipinski definition) is 1. The summed E-state index contributed by atoms with van der Waals surface area (Å²) in [5, 5.41) is 3.60. The molecule has 0 bridgehead atoms. The minimum Gasteiger partial charge on any atom is -0.496 e. The second-order valence-electron chi connectivity index (χ2n) is 6.33. The molecule has 0 atom stereocenters. The number of nitrogens with one attached hydrogen (secondary N) is 1. The van der Waals surface area contributed by atoms with E-state index in [0.717, 1.165) is 17.6 Å². The Bertz CT molecular complexity index is 734. The third-order valence-corrected chi connectivity index (χ3v) is 4.16. The first kappa shape index (κ1) is 14.8. The lowest BCUT2D eigenvalue weighted by molar-refractivity contribution is 0.416. The summed E-state index contributed by atoms with van der Waals surface area (Å²) in [5.74, 6) is 0.911. The van der Waals surface area contributed by atoms with Crippen LogP contribution in [0.4, 0.5) is 5.69 Å². The summed E-state index contributed by atoms with van der Waals surface area (Å²) >= 11 is 0. The van der Waals surface area contributed by atoms with E-state index in [1.165, 1.54) is 22.4 Å². The van der Waals surface area contributed by atoms with E-state index in [2.05, 4.69) is 63.4 Å². The van der Waals surface area contributed by atoms with Crippen molar-refractivity contribution in [1.29, 1.82) is 0 Å². The van der Waals surface area contributed by atoms with Crippen molar-refractivity contribution in [2.45, 2.75) is 25.7 Å². The first-order valence-electron chi connectivity index (χ1n) is 7.82. The number of fused-ring (bicyclic) bond motifs is 1. The fourth-order valence-electron chi connectivity index (χ4n) is 3.16. The smallest absolute Gasteiger partial charge is 0.126 e. The van der Waals surface area contributed by atoms with Gasteiger partial charge in [0.05, 0.1) is 12.6 Å². The van der Waals surface area contributed by atoms with Crippen LogP contribution in [0.15, 0.2) is 48.5 Å². The van der Waals surface area contributed by atoms with Crippen LogP contribution in [-0.2, 0) is 0 Å². The number of benzene rings is 2. The normalized spacial score (nSPS) is 15.5. The van der Waals surface area contributed by atoms with E-state index in [0.29, 0.717) is 0 Å². The SMILES string of the molecule is BCC1=CC(C)(C)Nc2ccc(-c3ccccc3OC)cc21. The largest absolute Gasteiger partial charge is 0.496 e. The first-order chi connectivity index (χ1) is 10.5. The molecule has 0 spiro atoms. The average Bonchev–Trinajstić information content (AvgIpc) is 2.52. The van der Waals surface area contributed by atoms with Crippen molar-refractivity contribution in [2.24, 2.45) is 0 Å². The second kappa shape index (κ2) is 5.56. The molecule has 2 nitrogen and oxygen atoms in total. The molecule has 3 rings (SSSR count). The van der Waals surface area contributed by atoms with Gasteiger partial charge in [0.2, 0.25) is 0 Å². The summed E-state index contributed by atoms with van der Waals surface area (Å²) in [7, 11) is 3.94. The Hall–Kier alpha value is -2.16. The van der Waals surface area contributed by atoms with Gasteiger partial charge in [-0.25, -0.2) is 0 Å². The van der Waals surface area contributed by atoms with Gasteiger partial charge in [0, 0.05) is 16.8 Å². The maximum absolute atomic E-state index is 5.50. The quantitative estimate of drug-likeness (QED) is 0.863. The minimum absolute atomic E-state index is 0.00426. The molecule has 0 unspecified atom stereocenters. The maximum Gasteiger partial charge on any atom is 0.126 e. The Morgan fingerprint density at radius 3 is 2.59 bits per heavy atom. The molecule has 2 aromatic carbocycles. The summed E-state index contributed by atoms with van der Waals surface area (Å²) < 4.78 is 5.50. The topological polar surface area (TPSA) is 21.3 Å². The van der Waals surface area contributed by atoms with Crippen molar-refractivity contribution >= 4 is 19.1 Å². The number of ether oxygens (including phenoxy) is 1. The van der Waals surface area contributed by atoms with Crippen LogP contribution in [0.5, 0.6) is 5.75 Å². The lowest BCUT2D eigenvalue weighted by Gasteiger charge is -2.32. The van der Waals surface area contributed by atoms with Crippen molar-refractivity contribution in [1.82, 2.24) is 0 Å². The molecule has 0 aromatic heterocycles. The number of anilines is 1. The van der Waals surface area contributed by atoms with E-state index >= 15 is 0 Å². The molecule has 1 aliphatic heterocycles. The van der Waals surface area contributed by atoms with Crippen LogP contribution in [0.2, 0.25) is 6.32 Å². The summed E-state index contributed by atoms with van der Waals surface area (Å²) in [4.78, 5) is 0. The number of hydrogen-bond acceptors (Lipinski definition) is 2. The van der Waals surface area contributed by atoms with Gasteiger partial charge in [0.1, 0.15) is 13.6 Å². The van der Waals surface area contributed by atoms with Crippen LogP contribution < -0.4 is 10.1 Å². The van der Waals surface area contributed by atoms with Gasteiger partial charge in [0.25, 0.3) is 0 Å². The van der Waals surface area contributed by atoms with Crippen LogP contribution in [0.25, 0.3) is 16.7 Å². The number of para-hydroxylation sites is 1. The van der Waals surface area contributed by atoms with Crippen molar-refractivity contribution < 1.29 is 4.74 Å². The molecule has 0 radical (unpaired) electrons. The zero-order valence-corrected chi connectivity index (χ0v) is 13.7. The Morgan fingerprint density at radius 2 is 1.86 bits per heavy atom. The van der Waals surface area contributed by atoms with Crippen molar-refractivity contribution in [2.75, 3.05) is 12.4 Å². The molecule has 0 saturated carbocycles. The monoisotopic (exact) mass is 291 g/mol. The molecule has 1 heterocycles. The molecular formula is C19H22BNO. The Labute approximate surface area is 133 Å². The van der Waals surface area contributed by atoms with Crippen LogP contribution in [0, 0.1) is 0 Å². The number of rotatable bonds is 3. The van der Waals surface area contributed by atoms with Gasteiger partial charge in [-0.15, -0.1) is 0 Å². The predicted molar refractivity (Wildman–Crippen MR) is 97.5 cm³/mol. The molecule has 1 aliphatic rings. The third-order valence-electron chi connectivity index (χ3n) is 4.16. The molecule has 2 aromatic rings. The minimum atomic E-state index is 0.00426. The molecule has 112 valence electrons. The molecular weight excluding hydrogens is 269 g/mol. The highest BCUT2D eigenvalue weighted by Crippen LogP contribution is 2.39. The van der Waals surface area contributed by atoms with Crippen LogP contribution in [0.1, 0.15) is 19.4 Å². The lowest BCUT2D eigenvalue weighted by atomic mass is 9.82. The highest BCUT2D eigenvalue weighted by atomic mass is 16.5. The van der Waals surface area contributed by atoms with E-state index in [1.807, 2.05) is 12.1 Å². The predicted octanol–water partition coefficient (Wildman–Crippen LogP) is 4.00. The summed E-state index contributed by atoms with van der Waals surface area (Å²) in [6.45, 7) is 4.42. The third kappa shape index (κ3) is 2.63. The van der Waals surface area contributed by atoms with Crippen LogP contribution in [0.3, 0.4) is 0 Å². The highest BCUT2D eigenvalue weighted by Gasteiger charge is 2.23. The highest BCUT2D eigenvalue weighted by molar-refractivity contribution is 6.15. The molecule has 0 amide bonds. The van der Waals surface area contributed by atoms with Gasteiger partial charge in [-0.2, -0.15) is 0 Å². The number of allylic oxidation sites excluding steroid dienone is 1. The van der Waals surface area contributed by atoms with E-state index in [-0.39, 0.29) is 5.54 Å². The molecule has 3 heteroatoms. The van der Waals surface area contributed by atoms with Gasteiger partial charge in [-0.05, 0) is 43.2 Å². The second-order valence-corrected chi connectivity index (χ2v) is 6.33. The zero-order chi connectivity index (χ0) is 15.7. The van der Waals surface area contributed by atoms with Crippen molar-refractivity contribution in [3.63, 3.8) is 0 Å². The standard InChI is InChI=1S/C19H22BNO/c1-19(2)11-14(12-20)16-10-13(8-9-17(16)21-19)15-6-4-5-7-18(15)22-3/h4-11,21H,12,20H2,1-3H3. The van der Waals surface area contributed by atoms with Crippen molar-refractivity contribution in [3.8, 4) is 16.9 Å². The molecule has 1 N–H and O–H groups in total. The van der Waals surface area contributed by atoms with Crippen molar-refractivity contribution in [3.05, 3.63) is 54.1 Å². The van der Waals surface area contributed by atoms with E-state index in [1.54, 1.807) is 7.11 Å². The Morgan fingerprint density at radius 1 is 1.09 bits per heavy atom. The Balaban J connectivity index is 2.12. The Kier molecular flexibility index (Phi) is 3.73. The maximum atomic E-state index is 5.50. The fraction of sp³-hybridized carbons (Fsp3) is 0.263. The summed E-state index contributed by atoms with van der Waals surface area (Å²) in [6, 6.07) is 14.8. The fourth-order valence-corrected chi connectivity index (χ4v) is 3.16. The van der Waals surface area contributed by atoms with Gasteiger partial charge < -0.3 is 10.1 Å². The zero-order valence-electron chi connectivity index (χ0n) is 13.7. The summed E-state index contributed by atoms with van der Waals surface area (Å²) in [5.41, 5.74) is 6.23. The average molecular weight is 291 g/mol. The van der Waals surface area contributed by atoms with Gasteiger partial charge in [-0.1, -0.05) is 36.7 Å². The molecule has 22 heavy (non-hydrogen) atoms. The van der Waals surface area contributed by atoms with Crippen LogP contribution >= 0.6 is 0 Å². The number of methoxy groups -OCH3 is 1. The van der Waals surface area contributed by atoms with E-state index in [4.69, 9.17) is 4.74 Å². The molecule has 0 fully saturated rings. The lowest BCUT2D eigenvalue weighted by Crippen LogP contribution is -2.31.